The summed E-state index contributed by atoms with van der Waals surface area (Å²) < 4.78 is 5.92. The lowest BCUT2D eigenvalue weighted by atomic mass is 10.1. The molecule has 21 heavy (non-hydrogen) atoms. The lowest BCUT2D eigenvalue weighted by Crippen LogP contribution is -2.12. The summed E-state index contributed by atoms with van der Waals surface area (Å²) in [5.74, 6) is 1.23. The molecule has 2 aromatic rings. The van der Waals surface area contributed by atoms with Gasteiger partial charge in [0.25, 0.3) is 0 Å². The first-order valence-electron chi connectivity index (χ1n) is 6.93. The Morgan fingerprint density at radius 2 is 1.95 bits per heavy atom. The number of benzene rings is 1. The third kappa shape index (κ3) is 3.42. The zero-order valence-corrected chi connectivity index (χ0v) is 13.7. The smallest absolute Gasteiger partial charge is 0.140 e. The molecule has 0 atom stereocenters. The summed E-state index contributed by atoms with van der Waals surface area (Å²) in [4.78, 5) is 5.33. The zero-order valence-electron chi connectivity index (χ0n) is 12.9. The highest BCUT2D eigenvalue weighted by Gasteiger charge is 2.17. The average Bonchev–Trinajstić information content (AvgIpc) is 2.83. The monoisotopic (exact) mass is 303 g/mol. The quantitative estimate of drug-likeness (QED) is 0.652. The number of thiazole rings is 1. The Balaban J connectivity index is 2.21. The van der Waals surface area contributed by atoms with Crippen LogP contribution in [0.1, 0.15) is 46.5 Å². The second kappa shape index (κ2) is 6.26. The third-order valence-electron chi connectivity index (χ3n) is 3.24. The minimum Gasteiger partial charge on any atom is -0.486 e. The van der Waals surface area contributed by atoms with Crippen LogP contribution in [-0.4, -0.2) is 10.8 Å². The summed E-state index contributed by atoms with van der Waals surface area (Å²) >= 11 is 1.44. The molecule has 1 aromatic heterocycles. The molecule has 0 fully saturated rings. The Hall–Kier alpha value is -1.88. The van der Waals surface area contributed by atoms with Gasteiger partial charge in [-0.05, 0) is 30.9 Å². The fourth-order valence-corrected chi connectivity index (χ4v) is 3.18. The number of para-hydroxylation sites is 1. The minimum atomic E-state index is 0.0783. The van der Waals surface area contributed by atoms with E-state index >= 15 is 0 Å². The van der Waals surface area contributed by atoms with E-state index < -0.39 is 0 Å². The van der Waals surface area contributed by atoms with Crippen molar-refractivity contribution in [3.05, 3.63) is 44.9 Å². The second-order valence-electron chi connectivity index (χ2n) is 5.40. The second-order valence-corrected chi connectivity index (χ2v) is 6.48. The molecule has 0 radical (unpaired) electrons. The Labute approximate surface area is 129 Å². The van der Waals surface area contributed by atoms with Crippen molar-refractivity contribution in [2.75, 3.05) is 0 Å². The van der Waals surface area contributed by atoms with Crippen LogP contribution >= 0.6 is 11.3 Å². The topological polar surface area (TPSA) is 72.0 Å². The number of rotatable bonds is 5. The van der Waals surface area contributed by atoms with Crippen molar-refractivity contribution in [3.63, 3.8) is 0 Å². The summed E-state index contributed by atoms with van der Waals surface area (Å²) in [6.45, 7) is 8.58. The largest absolute Gasteiger partial charge is 0.486 e. The molecule has 0 bridgehead atoms. The van der Waals surface area contributed by atoms with Crippen molar-refractivity contribution in [1.29, 1.82) is 5.41 Å². The summed E-state index contributed by atoms with van der Waals surface area (Å²) in [6, 6.07) is 6.08. The van der Waals surface area contributed by atoms with Gasteiger partial charge in [-0.1, -0.05) is 32.0 Å². The average molecular weight is 303 g/mol. The maximum Gasteiger partial charge on any atom is 0.140 e. The standard InChI is InChI=1S/C16H21N3OS/c1-9(2)13-15(16(17)18)21-12(19-13)8-20-14-10(3)6-5-7-11(14)4/h5-7,9H,8H2,1-4H3,(H3,17,18). The number of aryl methyl sites for hydroxylation is 2. The first kappa shape index (κ1) is 15.5. The normalized spacial score (nSPS) is 10.9. The minimum absolute atomic E-state index is 0.0783. The molecule has 4 nitrogen and oxygen atoms in total. The molecule has 0 aliphatic heterocycles. The van der Waals surface area contributed by atoms with Crippen molar-refractivity contribution in [2.24, 2.45) is 5.73 Å². The van der Waals surface area contributed by atoms with E-state index in [0.29, 0.717) is 6.61 Å². The number of nitrogen functional groups attached to an aromatic ring is 1. The SMILES string of the molecule is Cc1cccc(C)c1OCc1nc(C(C)C)c(C(=N)N)s1. The number of nitrogens with zero attached hydrogens (tertiary/aromatic N) is 1. The van der Waals surface area contributed by atoms with Crippen molar-refractivity contribution in [3.8, 4) is 5.75 Å². The van der Waals surface area contributed by atoms with Gasteiger partial charge in [0, 0.05) is 0 Å². The van der Waals surface area contributed by atoms with E-state index in [1.165, 1.54) is 11.3 Å². The fraction of sp³-hybridized carbons (Fsp3) is 0.375. The number of hydrogen-bond acceptors (Lipinski definition) is 4. The van der Waals surface area contributed by atoms with E-state index in [-0.39, 0.29) is 11.8 Å². The van der Waals surface area contributed by atoms with E-state index in [1.807, 2.05) is 32.0 Å². The molecule has 0 aliphatic carbocycles. The molecular weight excluding hydrogens is 282 g/mol. The number of nitrogens with one attached hydrogen (secondary N) is 1. The van der Waals surface area contributed by atoms with Gasteiger partial charge in [0.1, 0.15) is 23.2 Å². The number of amidine groups is 1. The highest BCUT2D eigenvalue weighted by molar-refractivity contribution is 7.13. The lowest BCUT2D eigenvalue weighted by Gasteiger charge is -2.10. The molecule has 5 heteroatoms. The van der Waals surface area contributed by atoms with Crippen LogP contribution in [0.2, 0.25) is 0 Å². The fourth-order valence-electron chi connectivity index (χ4n) is 2.18. The van der Waals surface area contributed by atoms with Crippen LogP contribution in [0.25, 0.3) is 0 Å². The van der Waals surface area contributed by atoms with Gasteiger partial charge in [-0.15, -0.1) is 11.3 Å². The van der Waals surface area contributed by atoms with Crippen molar-refractivity contribution in [2.45, 2.75) is 40.2 Å². The van der Waals surface area contributed by atoms with Gasteiger partial charge in [0.2, 0.25) is 0 Å². The summed E-state index contributed by atoms with van der Waals surface area (Å²) in [5, 5.41) is 8.51. The van der Waals surface area contributed by atoms with Crippen molar-refractivity contribution < 1.29 is 4.74 Å². The van der Waals surface area contributed by atoms with E-state index in [2.05, 4.69) is 18.8 Å². The highest BCUT2D eigenvalue weighted by Crippen LogP contribution is 2.27. The Kier molecular flexibility index (Phi) is 4.63. The molecule has 3 N–H and O–H groups in total. The Morgan fingerprint density at radius 3 is 2.43 bits per heavy atom. The molecule has 0 amide bonds. The van der Waals surface area contributed by atoms with Crippen molar-refractivity contribution >= 4 is 17.2 Å². The van der Waals surface area contributed by atoms with Gasteiger partial charge in [0.05, 0.1) is 10.6 Å². The molecule has 0 saturated carbocycles. The van der Waals surface area contributed by atoms with Gasteiger partial charge in [0.15, 0.2) is 0 Å². The molecular formula is C16H21N3OS. The molecule has 2 rings (SSSR count). The number of hydrogen-bond donors (Lipinski definition) is 2. The Morgan fingerprint density at radius 1 is 1.33 bits per heavy atom. The molecule has 1 heterocycles. The van der Waals surface area contributed by atoms with Crippen LogP contribution in [0.5, 0.6) is 5.75 Å². The van der Waals surface area contributed by atoms with E-state index in [4.69, 9.17) is 15.9 Å². The van der Waals surface area contributed by atoms with Crippen molar-refractivity contribution in [1.82, 2.24) is 4.98 Å². The number of aromatic nitrogens is 1. The first-order valence-corrected chi connectivity index (χ1v) is 7.74. The zero-order chi connectivity index (χ0) is 15.6. The molecule has 0 saturated heterocycles. The summed E-state index contributed by atoms with van der Waals surface area (Å²) in [6.07, 6.45) is 0. The molecule has 112 valence electrons. The summed E-state index contributed by atoms with van der Waals surface area (Å²) in [7, 11) is 0. The predicted molar refractivity (Wildman–Crippen MR) is 87.5 cm³/mol. The van der Waals surface area contributed by atoms with Gasteiger partial charge in [-0.2, -0.15) is 0 Å². The van der Waals surface area contributed by atoms with Gasteiger partial charge in [-0.25, -0.2) is 4.98 Å². The van der Waals surface area contributed by atoms with Gasteiger partial charge in [-0.3, -0.25) is 5.41 Å². The molecule has 1 aromatic carbocycles. The van der Waals surface area contributed by atoms with Gasteiger partial charge < -0.3 is 10.5 Å². The van der Waals surface area contributed by atoms with E-state index in [9.17, 15) is 0 Å². The van der Waals surface area contributed by atoms with E-state index in [1.54, 1.807) is 0 Å². The highest BCUT2D eigenvalue weighted by atomic mass is 32.1. The first-order chi connectivity index (χ1) is 9.90. The molecule has 0 unspecified atom stereocenters. The number of nitrogens with two attached hydrogens (primary N) is 1. The van der Waals surface area contributed by atoms with Crippen LogP contribution in [-0.2, 0) is 6.61 Å². The van der Waals surface area contributed by atoms with Crippen LogP contribution in [0.15, 0.2) is 18.2 Å². The van der Waals surface area contributed by atoms with Crippen LogP contribution in [0.3, 0.4) is 0 Å². The third-order valence-corrected chi connectivity index (χ3v) is 4.32. The predicted octanol–water partition coefficient (Wildman–Crippen LogP) is 3.75. The maximum absolute atomic E-state index is 7.65. The molecule has 0 aliphatic rings. The van der Waals surface area contributed by atoms with Gasteiger partial charge >= 0.3 is 0 Å². The lowest BCUT2D eigenvalue weighted by molar-refractivity contribution is 0.301. The number of ether oxygens (including phenoxy) is 1. The van der Waals surface area contributed by atoms with Crippen LogP contribution < -0.4 is 10.5 Å². The summed E-state index contributed by atoms with van der Waals surface area (Å²) in [5.41, 5.74) is 8.74. The Bertz CT molecular complexity index is 641. The maximum atomic E-state index is 7.65. The molecule has 0 spiro atoms. The van der Waals surface area contributed by atoms with Crippen LogP contribution in [0, 0.1) is 19.3 Å². The van der Waals surface area contributed by atoms with E-state index in [0.717, 1.165) is 32.5 Å². The van der Waals surface area contributed by atoms with Crippen LogP contribution in [0.4, 0.5) is 0 Å².